The fourth-order valence-corrected chi connectivity index (χ4v) is 1.36. The molecular formula is C14H24O6. The molecule has 0 amide bonds. The van der Waals surface area contributed by atoms with Crippen molar-refractivity contribution in [1.82, 2.24) is 0 Å². The van der Waals surface area contributed by atoms with Crippen LogP contribution in [-0.4, -0.2) is 41.6 Å². The lowest BCUT2D eigenvalue weighted by Crippen LogP contribution is -2.48. The van der Waals surface area contributed by atoms with E-state index >= 15 is 0 Å². The minimum atomic E-state index is -2.45. The van der Waals surface area contributed by atoms with Crippen LogP contribution in [0.5, 0.6) is 0 Å². The molecule has 0 saturated heterocycles. The van der Waals surface area contributed by atoms with Gasteiger partial charge in [-0.25, -0.2) is 4.79 Å². The molecule has 0 fully saturated rings. The van der Waals surface area contributed by atoms with E-state index in [9.17, 15) is 19.5 Å². The van der Waals surface area contributed by atoms with Crippen LogP contribution in [0.1, 0.15) is 52.9 Å². The monoisotopic (exact) mass is 288 g/mol. The Morgan fingerprint density at radius 3 is 1.95 bits per heavy atom. The summed E-state index contributed by atoms with van der Waals surface area (Å²) in [7, 11) is 0. The van der Waals surface area contributed by atoms with Gasteiger partial charge in [-0.1, -0.05) is 26.7 Å². The van der Waals surface area contributed by atoms with Gasteiger partial charge in [0.15, 0.2) is 5.78 Å². The van der Waals surface area contributed by atoms with Gasteiger partial charge in [-0.15, -0.1) is 0 Å². The van der Waals surface area contributed by atoms with Crippen molar-refractivity contribution >= 4 is 17.7 Å². The predicted molar refractivity (Wildman–Crippen MR) is 72.0 cm³/mol. The Bertz CT molecular complexity index is 339. The molecule has 0 heterocycles. The smallest absolute Gasteiger partial charge is 0.346 e. The first-order chi connectivity index (χ1) is 9.38. The van der Waals surface area contributed by atoms with Crippen LogP contribution < -0.4 is 0 Å². The third-order valence-electron chi connectivity index (χ3n) is 2.81. The van der Waals surface area contributed by atoms with Gasteiger partial charge >= 0.3 is 11.9 Å². The molecule has 0 aromatic rings. The standard InChI is InChI=1S/C14H24O6/c1-4-6-8-19-12(16)10-14(18,11(3)15)13(17)20-9-7-5-2/h18H,4-10H2,1-3H3/t14-/m1/s1. The van der Waals surface area contributed by atoms with Crippen LogP contribution in [0.3, 0.4) is 0 Å². The van der Waals surface area contributed by atoms with E-state index in [2.05, 4.69) is 0 Å². The molecule has 6 heteroatoms. The van der Waals surface area contributed by atoms with Crippen molar-refractivity contribution in [2.75, 3.05) is 13.2 Å². The highest BCUT2D eigenvalue weighted by atomic mass is 16.6. The van der Waals surface area contributed by atoms with Gasteiger partial charge in [0, 0.05) is 0 Å². The predicted octanol–water partition coefficient (Wildman–Crippen LogP) is 1.38. The highest BCUT2D eigenvalue weighted by Crippen LogP contribution is 2.16. The molecule has 0 unspecified atom stereocenters. The molecule has 1 atom stereocenters. The lowest BCUT2D eigenvalue weighted by Gasteiger charge is -2.22. The van der Waals surface area contributed by atoms with E-state index in [1.54, 1.807) is 0 Å². The minimum Gasteiger partial charge on any atom is -0.466 e. The highest BCUT2D eigenvalue weighted by Gasteiger charge is 2.45. The summed E-state index contributed by atoms with van der Waals surface area (Å²) in [6, 6.07) is 0. The first kappa shape index (κ1) is 18.6. The van der Waals surface area contributed by atoms with Gasteiger partial charge in [-0.2, -0.15) is 0 Å². The lowest BCUT2D eigenvalue weighted by atomic mass is 9.95. The summed E-state index contributed by atoms with van der Waals surface area (Å²) >= 11 is 0. The number of ketones is 1. The Morgan fingerprint density at radius 1 is 1.00 bits per heavy atom. The van der Waals surface area contributed by atoms with Crippen LogP contribution in [0.15, 0.2) is 0 Å². The fraction of sp³-hybridized carbons (Fsp3) is 0.786. The van der Waals surface area contributed by atoms with E-state index < -0.39 is 29.7 Å². The number of carbonyl (C=O) groups excluding carboxylic acids is 3. The summed E-state index contributed by atoms with van der Waals surface area (Å²) in [5.41, 5.74) is -2.45. The molecule has 0 aliphatic heterocycles. The molecule has 20 heavy (non-hydrogen) atoms. The van der Waals surface area contributed by atoms with Crippen molar-refractivity contribution in [1.29, 1.82) is 0 Å². The zero-order valence-electron chi connectivity index (χ0n) is 12.4. The highest BCUT2D eigenvalue weighted by molar-refractivity contribution is 6.08. The average Bonchev–Trinajstić information content (AvgIpc) is 2.38. The molecular weight excluding hydrogens is 264 g/mol. The molecule has 6 nitrogen and oxygen atoms in total. The van der Waals surface area contributed by atoms with E-state index in [1.807, 2.05) is 13.8 Å². The topological polar surface area (TPSA) is 89.9 Å². The number of unbranched alkanes of at least 4 members (excludes halogenated alkanes) is 2. The Labute approximate surface area is 119 Å². The van der Waals surface area contributed by atoms with Gasteiger partial charge in [-0.3, -0.25) is 9.59 Å². The van der Waals surface area contributed by atoms with Crippen molar-refractivity contribution in [3.63, 3.8) is 0 Å². The molecule has 0 saturated carbocycles. The summed E-state index contributed by atoms with van der Waals surface area (Å²) in [6.07, 6.45) is 2.26. The Hall–Kier alpha value is -1.43. The van der Waals surface area contributed by atoms with Crippen LogP contribution in [0.2, 0.25) is 0 Å². The second-order valence-electron chi connectivity index (χ2n) is 4.66. The normalized spacial score (nSPS) is 13.4. The summed E-state index contributed by atoms with van der Waals surface area (Å²) < 4.78 is 9.66. The Balaban J connectivity index is 4.55. The summed E-state index contributed by atoms with van der Waals surface area (Å²) in [5.74, 6) is -2.71. The Morgan fingerprint density at radius 2 is 1.50 bits per heavy atom. The minimum absolute atomic E-state index is 0.107. The van der Waals surface area contributed by atoms with E-state index in [0.29, 0.717) is 12.8 Å². The van der Waals surface area contributed by atoms with Gasteiger partial charge in [0.25, 0.3) is 0 Å². The van der Waals surface area contributed by atoms with Gasteiger partial charge in [0.05, 0.1) is 19.6 Å². The van der Waals surface area contributed by atoms with Crippen molar-refractivity contribution < 1.29 is 29.0 Å². The van der Waals surface area contributed by atoms with Crippen molar-refractivity contribution in [3.8, 4) is 0 Å². The molecule has 116 valence electrons. The van der Waals surface area contributed by atoms with Gasteiger partial charge in [0.1, 0.15) is 0 Å². The molecule has 0 spiro atoms. The third-order valence-corrected chi connectivity index (χ3v) is 2.81. The van der Waals surface area contributed by atoms with Gasteiger partial charge in [0.2, 0.25) is 5.60 Å². The van der Waals surface area contributed by atoms with Gasteiger partial charge < -0.3 is 14.6 Å². The molecule has 1 N–H and O–H groups in total. The number of Topliss-reactive ketones (excluding diaryl/α,β-unsaturated/α-hetero) is 1. The SMILES string of the molecule is CCCCOC(=O)C[C@@](O)(C(C)=O)C(=O)OCCCC. The van der Waals surface area contributed by atoms with E-state index in [1.165, 1.54) is 0 Å². The number of aliphatic hydroxyl groups is 1. The molecule has 0 aromatic carbocycles. The van der Waals surface area contributed by atoms with Gasteiger partial charge in [-0.05, 0) is 19.8 Å². The number of esters is 2. The molecule has 0 bridgehead atoms. The lowest BCUT2D eigenvalue weighted by molar-refractivity contribution is -0.176. The van der Waals surface area contributed by atoms with Crippen LogP contribution in [0.4, 0.5) is 0 Å². The zero-order chi connectivity index (χ0) is 15.6. The fourth-order valence-electron chi connectivity index (χ4n) is 1.36. The number of rotatable bonds is 10. The van der Waals surface area contributed by atoms with E-state index in [0.717, 1.165) is 19.8 Å². The Kier molecular flexibility index (Phi) is 8.79. The zero-order valence-corrected chi connectivity index (χ0v) is 12.4. The van der Waals surface area contributed by atoms with Crippen molar-refractivity contribution in [3.05, 3.63) is 0 Å². The summed E-state index contributed by atoms with van der Waals surface area (Å²) in [4.78, 5) is 34.7. The third kappa shape index (κ3) is 6.14. The quantitative estimate of drug-likeness (QED) is 0.371. The first-order valence-corrected chi connectivity index (χ1v) is 6.94. The molecule has 0 radical (unpaired) electrons. The average molecular weight is 288 g/mol. The summed E-state index contributed by atoms with van der Waals surface area (Å²) in [5, 5.41) is 10.1. The number of hydrogen-bond donors (Lipinski definition) is 1. The van der Waals surface area contributed by atoms with Crippen LogP contribution >= 0.6 is 0 Å². The number of carbonyl (C=O) groups is 3. The maximum absolute atomic E-state index is 11.7. The first-order valence-electron chi connectivity index (χ1n) is 6.94. The van der Waals surface area contributed by atoms with E-state index in [-0.39, 0.29) is 13.2 Å². The molecule has 0 aliphatic carbocycles. The molecule has 0 aromatic heterocycles. The molecule has 0 aliphatic rings. The summed E-state index contributed by atoms with van der Waals surface area (Å²) in [6.45, 7) is 5.20. The van der Waals surface area contributed by atoms with Crippen LogP contribution in [0, 0.1) is 0 Å². The largest absolute Gasteiger partial charge is 0.466 e. The van der Waals surface area contributed by atoms with E-state index in [4.69, 9.17) is 9.47 Å². The van der Waals surface area contributed by atoms with Crippen molar-refractivity contribution in [2.24, 2.45) is 0 Å². The second kappa shape index (κ2) is 9.47. The van der Waals surface area contributed by atoms with Crippen LogP contribution in [0.25, 0.3) is 0 Å². The molecule has 0 rings (SSSR count). The second-order valence-corrected chi connectivity index (χ2v) is 4.66. The number of hydrogen-bond acceptors (Lipinski definition) is 6. The number of ether oxygens (including phenoxy) is 2. The maximum Gasteiger partial charge on any atom is 0.346 e. The van der Waals surface area contributed by atoms with Crippen LogP contribution in [-0.2, 0) is 23.9 Å². The maximum atomic E-state index is 11.7. The van der Waals surface area contributed by atoms with Crippen molar-refractivity contribution in [2.45, 2.75) is 58.5 Å².